The molecule has 0 aromatic heterocycles. The van der Waals surface area contributed by atoms with Crippen LogP contribution in [0, 0.1) is 22.2 Å². The lowest BCUT2D eigenvalue weighted by molar-refractivity contribution is -0.144. The molecule has 4 fully saturated rings. The highest BCUT2D eigenvalue weighted by molar-refractivity contribution is 6.31. The van der Waals surface area contributed by atoms with Crippen molar-refractivity contribution in [2.24, 2.45) is 22.2 Å². The summed E-state index contributed by atoms with van der Waals surface area (Å²) in [5.74, 6) is 0.648. The van der Waals surface area contributed by atoms with Crippen molar-refractivity contribution >= 4 is 23.5 Å². The van der Waals surface area contributed by atoms with Crippen LogP contribution >= 0.6 is 11.6 Å². The highest BCUT2D eigenvalue weighted by Gasteiger charge is 2.95. The van der Waals surface area contributed by atoms with E-state index in [1.165, 1.54) is 24.0 Å². The second kappa shape index (κ2) is 7.85. The number of benzene rings is 1. The third-order valence-corrected chi connectivity index (χ3v) is 11.7. The average Bonchev–Trinajstić information content (AvgIpc) is 3.63. The van der Waals surface area contributed by atoms with Crippen LogP contribution in [0.2, 0.25) is 5.02 Å². The molecule has 4 aliphatic carbocycles. The molecule has 1 aromatic carbocycles. The van der Waals surface area contributed by atoms with Crippen molar-refractivity contribution in [3.05, 3.63) is 46.1 Å². The lowest BCUT2D eigenvalue weighted by Gasteiger charge is -2.45. The molecule has 4 saturated carbocycles. The highest BCUT2D eigenvalue weighted by Crippen LogP contribution is 2.92. The topological polar surface area (TPSA) is 66.8 Å². The number of amides is 1. The van der Waals surface area contributed by atoms with Crippen molar-refractivity contribution in [3.8, 4) is 0 Å². The first-order valence-corrected chi connectivity index (χ1v) is 14.3. The number of carboxylic acid groups (broad SMARTS) is 1. The normalized spacial score (nSPS) is 40.0. The number of aliphatic carboxylic acids is 1. The minimum absolute atomic E-state index is 0.0980. The van der Waals surface area contributed by atoms with E-state index in [-0.39, 0.29) is 16.9 Å². The molecule has 0 radical (unpaired) electrons. The van der Waals surface area contributed by atoms with E-state index in [4.69, 9.17) is 16.3 Å². The number of hydrogen-bond acceptors (Lipinski definition) is 3. The molecule has 3 unspecified atom stereocenters. The maximum absolute atomic E-state index is 13.8. The van der Waals surface area contributed by atoms with Crippen LogP contribution in [0.15, 0.2) is 30.0 Å². The zero-order chi connectivity index (χ0) is 26.6. The van der Waals surface area contributed by atoms with Crippen molar-refractivity contribution in [1.29, 1.82) is 0 Å². The standard InChI is InChI=1S/C31H40ClNO4/c1-27(2,3)22-12-19(13-22)23-7-6-20(14-24(23)32)28(4)15-25(34)33(16-21(28)8-11-37-5)31-10-9-29(26(35)36)17-30(29,31)18-31/h6-7,14,16,19,22H,8-13,15,17-18H2,1-5H3,(H,35,36)/t19?,22?,28-,29?,30?,31?/m0/s1. The summed E-state index contributed by atoms with van der Waals surface area (Å²) in [7, 11) is 1.70. The molecule has 1 aromatic rings. The Morgan fingerprint density at radius 3 is 2.49 bits per heavy atom. The maximum Gasteiger partial charge on any atom is 0.310 e. The predicted octanol–water partition coefficient (Wildman–Crippen LogP) is 6.69. The van der Waals surface area contributed by atoms with Crippen LogP contribution in [0.5, 0.6) is 0 Å². The number of nitrogens with zero attached hydrogens (tertiary/aromatic N) is 1. The van der Waals surface area contributed by atoms with Crippen LogP contribution in [-0.2, 0) is 19.7 Å². The lowest BCUT2D eigenvalue weighted by Crippen LogP contribution is -2.47. The number of halogens is 1. The first-order valence-electron chi connectivity index (χ1n) is 13.9. The summed E-state index contributed by atoms with van der Waals surface area (Å²) in [6, 6.07) is 6.46. The molecule has 1 amide bonds. The molecule has 1 N–H and O–H groups in total. The largest absolute Gasteiger partial charge is 0.481 e. The van der Waals surface area contributed by atoms with Crippen LogP contribution in [0.1, 0.15) is 96.1 Å². The lowest BCUT2D eigenvalue weighted by atomic mass is 9.61. The number of carbonyl (C=O) groups is 2. The number of carbonyl (C=O) groups excluding carboxylic acids is 1. The van der Waals surface area contributed by atoms with Gasteiger partial charge in [0.1, 0.15) is 0 Å². The molecule has 1 spiro atoms. The minimum atomic E-state index is -0.681. The highest BCUT2D eigenvalue weighted by atomic mass is 35.5. The first-order chi connectivity index (χ1) is 17.3. The summed E-state index contributed by atoms with van der Waals surface area (Å²) >= 11 is 6.90. The van der Waals surface area contributed by atoms with E-state index in [1.54, 1.807) is 7.11 Å². The van der Waals surface area contributed by atoms with E-state index in [0.29, 0.717) is 37.2 Å². The van der Waals surface area contributed by atoms with Crippen molar-refractivity contribution in [3.63, 3.8) is 0 Å². The fourth-order valence-corrected chi connectivity index (χ4v) is 8.86. The van der Waals surface area contributed by atoms with Crippen LogP contribution in [-0.4, -0.2) is 41.1 Å². The van der Waals surface area contributed by atoms with Gasteiger partial charge in [0.15, 0.2) is 0 Å². The predicted molar refractivity (Wildman–Crippen MR) is 143 cm³/mol. The van der Waals surface area contributed by atoms with Gasteiger partial charge in [0.25, 0.3) is 0 Å². The summed E-state index contributed by atoms with van der Waals surface area (Å²) in [6.07, 6.45) is 8.50. The van der Waals surface area contributed by atoms with Crippen molar-refractivity contribution < 1.29 is 19.4 Å². The zero-order valence-corrected chi connectivity index (χ0v) is 23.6. The SMILES string of the molecule is COCCC1=CN(C23CCC4(C(=O)O)CC42C3)C(=O)C[C@@]1(C)c1ccc(C2CC(C(C)(C)C)C2)c(Cl)c1. The molecule has 4 atom stereocenters. The van der Waals surface area contributed by atoms with Gasteiger partial charge in [-0.3, -0.25) is 9.59 Å². The summed E-state index contributed by atoms with van der Waals surface area (Å²) in [4.78, 5) is 27.8. The molecular formula is C31H40ClNO4. The summed E-state index contributed by atoms with van der Waals surface area (Å²) < 4.78 is 5.46. The van der Waals surface area contributed by atoms with E-state index in [2.05, 4.69) is 52.1 Å². The molecular weight excluding hydrogens is 486 g/mol. The van der Waals surface area contributed by atoms with E-state index >= 15 is 0 Å². The Balaban J connectivity index is 1.29. The van der Waals surface area contributed by atoms with Crippen LogP contribution in [0.4, 0.5) is 0 Å². The van der Waals surface area contributed by atoms with Crippen molar-refractivity contribution in [2.75, 3.05) is 13.7 Å². The summed E-state index contributed by atoms with van der Waals surface area (Å²) in [5, 5.41) is 10.7. The second-order valence-corrected chi connectivity index (χ2v) is 14.4. The molecule has 6 heteroatoms. The second-order valence-electron chi connectivity index (χ2n) is 14.0. The van der Waals surface area contributed by atoms with Crippen molar-refractivity contribution in [1.82, 2.24) is 4.90 Å². The fraction of sp³-hybridized carbons (Fsp3) is 0.677. The van der Waals surface area contributed by atoms with Crippen LogP contribution < -0.4 is 0 Å². The Labute approximate surface area is 225 Å². The van der Waals surface area contributed by atoms with Gasteiger partial charge in [0.05, 0.1) is 11.0 Å². The Morgan fingerprint density at radius 2 is 1.95 bits per heavy atom. The number of methoxy groups -OCH3 is 1. The van der Waals surface area contributed by atoms with Gasteiger partial charge in [-0.05, 0) is 85.0 Å². The van der Waals surface area contributed by atoms with Gasteiger partial charge in [-0.1, -0.05) is 51.4 Å². The van der Waals surface area contributed by atoms with Gasteiger partial charge in [-0.25, -0.2) is 0 Å². The molecule has 1 aliphatic heterocycles. The van der Waals surface area contributed by atoms with Gasteiger partial charge in [0, 0.05) is 42.2 Å². The van der Waals surface area contributed by atoms with Gasteiger partial charge in [0.2, 0.25) is 5.91 Å². The first kappa shape index (κ1) is 25.4. The molecule has 1 heterocycles. The van der Waals surface area contributed by atoms with E-state index in [0.717, 1.165) is 35.8 Å². The maximum atomic E-state index is 13.8. The minimum Gasteiger partial charge on any atom is -0.481 e. The van der Waals surface area contributed by atoms with E-state index in [1.807, 2.05) is 4.90 Å². The quantitative estimate of drug-likeness (QED) is 0.430. The molecule has 5 aliphatic rings. The smallest absolute Gasteiger partial charge is 0.310 e. The van der Waals surface area contributed by atoms with Gasteiger partial charge >= 0.3 is 5.97 Å². The van der Waals surface area contributed by atoms with Gasteiger partial charge in [-0.15, -0.1) is 0 Å². The van der Waals surface area contributed by atoms with E-state index < -0.39 is 16.8 Å². The Hall–Kier alpha value is -1.85. The third-order valence-electron chi connectivity index (χ3n) is 11.4. The zero-order valence-electron chi connectivity index (χ0n) is 22.8. The molecule has 5 nitrogen and oxygen atoms in total. The Morgan fingerprint density at radius 1 is 1.22 bits per heavy atom. The molecule has 37 heavy (non-hydrogen) atoms. The average molecular weight is 526 g/mol. The number of hydrogen-bond donors (Lipinski definition) is 1. The third kappa shape index (κ3) is 3.32. The number of carboxylic acids is 1. The van der Waals surface area contributed by atoms with Crippen LogP contribution in [0.25, 0.3) is 0 Å². The van der Waals surface area contributed by atoms with Crippen molar-refractivity contribution in [2.45, 2.75) is 95.9 Å². The van der Waals surface area contributed by atoms with Gasteiger partial charge < -0.3 is 14.7 Å². The van der Waals surface area contributed by atoms with E-state index in [9.17, 15) is 14.7 Å². The molecule has 0 saturated heterocycles. The Kier molecular flexibility index (Phi) is 5.39. The molecule has 200 valence electrons. The fourth-order valence-electron chi connectivity index (χ4n) is 8.52. The van der Waals surface area contributed by atoms with Crippen LogP contribution in [0.3, 0.4) is 0 Å². The molecule has 0 bridgehead atoms. The monoisotopic (exact) mass is 525 g/mol. The summed E-state index contributed by atoms with van der Waals surface area (Å²) in [6.45, 7) is 9.67. The molecule has 6 rings (SSSR count). The summed E-state index contributed by atoms with van der Waals surface area (Å²) in [5.41, 5.74) is 2.20. The Bertz CT molecular complexity index is 1200. The number of ether oxygens (including phenoxy) is 1. The van der Waals surface area contributed by atoms with Gasteiger partial charge in [-0.2, -0.15) is 0 Å². The number of rotatable bonds is 7.